The molecule has 0 bridgehead atoms. The van der Waals surface area contributed by atoms with Gasteiger partial charge in [0.25, 0.3) is 0 Å². The van der Waals surface area contributed by atoms with Crippen LogP contribution >= 0.6 is 0 Å². The van der Waals surface area contributed by atoms with Crippen molar-refractivity contribution in [2.24, 2.45) is 0 Å². The van der Waals surface area contributed by atoms with Crippen LogP contribution in [-0.4, -0.2) is 125 Å². The fraction of sp³-hybridized carbons (Fsp3) is 0.200. The van der Waals surface area contributed by atoms with Crippen molar-refractivity contribution >= 4 is 115 Å². The minimum atomic E-state index is -1.27. The maximum atomic E-state index is 9.87. The molecule has 6 heteroatoms. The van der Waals surface area contributed by atoms with E-state index in [1.54, 1.807) is 0 Å². The third-order valence-corrected chi connectivity index (χ3v) is 0.667. The monoisotopic (exact) mass is 208 g/mol. The number of carboxylic acid groups (broad SMARTS) is 2. The fourth-order valence-electron chi connectivity index (χ4n) is 0.258. The zero-order valence-corrected chi connectivity index (χ0v) is 12.9. The molecule has 0 amide bonds. The minimum absolute atomic E-state index is 0. The van der Waals surface area contributed by atoms with Crippen LogP contribution in [0.15, 0.2) is 12.2 Å². The Hall–Kier alpha value is 1.95. The van der Waals surface area contributed by atoms with E-state index in [1.807, 2.05) is 0 Å². The van der Waals surface area contributed by atoms with Gasteiger partial charge in [0.1, 0.15) is 0 Å². The Bertz CT molecular complexity index is 166. The van der Waals surface area contributed by atoms with E-state index >= 15 is 0 Å². The number of rotatable bonds is 3. The summed E-state index contributed by atoms with van der Waals surface area (Å²) in [7, 11) is 0. The number of carbonyl (C=O) groups is 2. The Morgan fingerprint density at radius 3 is 1.64 bits per heavy atom. The molecule has 0 aromatic carbocycles. The van der Waals surface area contributed by atoms with Gasteiger partial charge in [-0.05, 0) is 0 Å². The molecule has 0 spiro atoms. The Morgan fingerprint density at radius 2 is 1.55 bits per heavy atom. The van der Waals surface area contributed by atoms with Crippen LogP contribution < -0.4 is 0 Å². The summed E-state index contributed by atoms with van der Waals surface area (Å²) in [6.07, 6.45) is -0.505. The first kappa shape index (κ1) is 18.7. The molecular weight excluding hydrogens is 202 g/mol. The second-order valence-electron chi connectivity index (χ2n) is 1.48. The van der Waals surface area contributed by atoms with Gasteiger partial charge in [-0.1, -0.05) is 6.58 Å². The number of hydrogen-bond donors (Lipinski definition) is 2. The van der Waals surface area contributed by atoms with E-state index in [1.165, 1.54) is 0 Å². The zero-order chi connectivity index (χ0) is 7.44. The maximum absolute atomic E-state index is 9.87. The van der Waals surface area contributed by atoms with Gasteiger partial charge in [0.05, 0.1) is 6.42 Å². The normalized spacial score (nSPS) is 6.91. The van der Waals surface area contributed by atoms with Gasteiger partial charge in [0.15, 0.2) is 0 Å². The van der Waals surface area contributed by atoms with Crippen LogP contribution in [0.5, 0.6) is 0 Å². The van der Waals surface area contributed by atoms with Crippen LogP contribution in [0.2, 0.25) is 0 Å². The Balaban J connectivity index is -0.000000320. The minimum Gasteiger partial charge on any atom is -0.481 e. The first-order chi connectivity index (χ1) is 4.04. The molecule has 11 heavy (non-hydrogen) atoms. The molecule has 2 radical (unpaired) electrons. The predicted molar refractivity (Wildman–Crippen MR) is 40.5 cm³/mol. The second-order valence-corrected chi connectivity index (χ2v) is 1.48. The van der Waals surface area contributed by atoms with Crippen LogP contribution in [0.1, 0.15) is 6.42 Å². The first-order valence-corrected chi connectivity index (χ1v) is 2.17. The van der Waals surface area contributed by atoms with Gasteiger partial charge in [-0.2, -0.15) is 0 Å². The molecule has 52 valence electrons. The van der Waals surface area contributed by atoms with E-state index in [4.69, 9.17) is 10.2 Å². The molecule has 0 saturated heterocycles. The van der Waals surface area contributed by atoms with Crippen molar-refractivity contribution in [1.82, 2.24) is 0 Å². The topological polar surface area (TPSA) is 74.6 Å². The van der Waals surface area contributed by atoms with Crippen LogP contribution in [0, 0.1) is 0 Å². The Morgan fingerprint density at radius 1 is 1.18 bits per heavy atom. The largest absolute Gasteiger partial charge is 0.481 e. The average molecular weight is 208 g/mol. The quantitative estimate of drug-likeness (QED) is 0.477. The summed E-state index contributed by atoms with van der Waals surface area (Å²) in [6, 6.07) is 0. The smallest absolute Gasteiger partial charge is 0.331 e. The standard InChI is InChI=1S/C5H6O4.2K/c1-3(5(8)9)2-4(6)7;;/h1-2H2,(H,6,7)(H,8,9);;. The number of hydrogen-bond acceptors (Lipinski definition) is 2. The molecule has 0 saturated carbocycles. The molecule has 0 fully saturated rings. The van der Waals surface area contributed by atoms with E-state index in [0.29, 0.717) is 0 Å². The molecule has 0 unspecified atom stereocenters. The Labute approximate surface area is 149 Å². The van der Waals surface area contributed by atoms with Crippen LogP contribution in [0.25, 0.3) is 0 Å². The first-order valence-electron chi connectivity index (χ1n) is 2.17. The van der Waals surface area contributed by atoms with Crippen LogP contribution in [0.4, 0.5) is 0 Å². The molecule has 0 aliphatic rings. The third-order valence-electron chi connectivity index (χ3n) is 0.667. The summed E-state index contributed by atoms with van der Waals surface area (Å²) in [6.45, 7) is 3.01. The van der Waals surface area contributed by atoms with Crippen molar-refractivity contribution in [1.29, 1.82) is 0 Å². The van der Waals surface area contributed by atoms with Gasteiger partial charge in [-0.15, -0.1) is 0 Å². The molecule has 4 nitrogen and oxygen atoms in total. The molecule has 0 aromatic rings. The van der Waals surface area contributed by atoms with Gasteiger partial charge >= 0.3 is 11.9 Å². The van der Waals surface area contributed by atoms with Crippen molar-refractivity contribution in [3.8, 4) is 0 Å². The fourth-order valence-corrected chi connectivity index (χ4v) is 0.258. The zero-order valence-electron chi connectivity index (χ0n) is 6.63. The van der Waals surface area contributed by atoms with Gasteiger partial charge in [0.2, 0.25) is 0 Å². The van der Waals surface area contributed by atoms with Crippen molar-refractivity contribution < 1.29 is 19.8 Å². The van der Waals surface area contributed by atoms with Crippen molar-refractivity contribution in [3.05, 3.63) is 12.2 Å². The van der Waals surface area contributed by atoms with Crippen LogP contribution in [-0.2, 0) is 9.59 Å². The summed E-state index contributed by atoms with van der Waals surface area (Å²) in [4.78, 5) is 19.7. The van der Waals surface area contributed by atoms with Gasteiger partial charge in [-0.3, -0.25) is 4.79 Å². The number of aliphatic carboxylic acids is 2. The maximum Gasteiger partial charge on any atom is 0.331 e. The molecule has 2 N–H and O–H groups in total. The summed E-state index contributed by atoms with van der Waals surface area (Å²) in [5.74, 6) is -2.44. The molecule has 0 atom stereocenters. The van der Waals surface area contributed by atoms with Crippen LogP contribution in [0.3, 0.4) is 0 Å². The van der Waals surface area contributed by atoms with E-state index in [9.17, 15) is 9.59 Å². The summed E-state index contributed by atoms with van der Waals surface area (Å²) < 4.78 is 0. The van der Waals surface area contributed by atoms with Crippen molar-refractivity contribution in [2.75, 3.05) is 0 Å². The molecule has 0 aliphatic heterocycles. The van der Waals surface area contributed by atoms with Gasteiger partial charge in [-0.25, -0.2) is 4.79 Å². The molecule has 0 heterocycles. The second kappa shape index (κ2) is 10.0. The SMILES string of the molecule is C=C(CC(=O)O)C(=O)O.[K].[K]. The van der Waals surface area contributed by atoms with Crippen molar-refractivity contribution in [2.45, 2.75) is 6.42 Å². The Kier molecular flexibility index (Phi) is 17.0. The van der Waals surface area contributed by atoms with E-state index in [2.05, 4.69) is 6.58 Å². The molecular formula is C5H6K2O4. The van der Waals surface area contributed by atoms with E-state index in [-0.39, 0.29) is 108 Å². The predicted octanol–water partition coefficient (Wildman–Crippen LogP) is -0.660. The molecule has 0 aromatic heterocycles. The van der Waals surface area contributed by atoms with E-state index in [0.717, 1.165) is 0 Å². The molecule has 0 aliphatic carbocycles. The summed E-state index contributed by atoms with van der Waals surface area (Å²) in [5.41, 5.74) is -0.303. The summed E-state index contributed by atoms with van der Waals surface area (Å²) >= 11 is 0. The van der Waals surface area contributed by atoms with Crippen molar-refractivity contribution in [3.63, 3.8) is 0 Å². The van der Waals surface area contributed by atoms with E-state index < -0.39 is 18.4 Å². The third kappa shape index (κ3) is 12.0. The molecule has 0 rings (SSSR count). The van der Waals surface area contributed by atoms with Gasteiger partial charge < -0.3 is 10.2 Å². The average Bonchev–Trinajstić information content (AvgIpc) is 1.63. The summed E-state index contributed by atoms with van der Waals surface area (Å²) in [5, 5.41) is 16.1. The number of carboxylic acids is 2. The van der Waals surface area contributed by atoms with Gasteiger partial charge in [0, 0.05) is 108 Å².